The van der Waals surface area contributed by atoms with E-state index in [0.717, 1.165) is 18.3 Å². The fourth-order valence-corrected chi connectivity index (χ4v) is 2.64. The van der Waals surface area contributed by atoms with Crippen LogP contribution in [0.1, 0.15) is 19.8 Å². The Balaban J connectivity index is 2.06. The molecule has 17 heavy (non-hydrogen) atoms. The molecule has 0 bridgehead atoms. The Bertz CT molecular complexity index is 281. The van der Waals surface area contributed by atoms with Gasteiger partial charge in [-0.15, -0.1) is 0 Å². The molecule has 0 fully saturated rings. The van der Waals surface area contributed by atoms with E-state index >= 15 is 0 Å². The molecule has 0 aromatic heterocycles. The van der Waals surface area contributed by atoms with Gasteiger partial charge in [-0.2, -0.15) is 0 Å². The Morgan fingerprint density at radius 3 is 2.94 bits per heavy atom. The zero-order chi connectivity index (χ0) is 12.7. The highest BCUT2D eigenvalue weighted by molar-refractivity contribution is 8.14. The SMILES string of the molecule is CCCC1CN=C(NCCNC(=O)N(C)C)S1. The van der Waals surface area contributed by atoms with Gasteiger partial charge in [0, 0.05) is 32.4 Å². The monoisotopic (exact) mass is 258 g/mol. The van der Waals surface area contributed by atoms with Crippen molar-refractivity contribution in [2.45, 2.75) is 25.0 Å². The van der Waals surface area contributed by atoms with Gasteiger partial charge >= 0.3 is 6.03 Å². The minimum Gasteiger partial charge on any atom is -0.363 e. The van der Waals surface area contributed by atoms with Crippen molar-refractivity contribution in [1.82, 2.24) is 15.5 Å². The first kappa shape index (κ1) is 14.2. The van der Waals surface area contributed by atoms with Gasteiger partial charge in [-0.3, -0.25) is 4.99 Å². The predicted octanol–water partition coefficient (Wildman–Crippen LogP) is 1.12. The number of hydrogen-bond donors (Lipinski definition) is 2. The molecule has 1 heterocycles. The zero-order valence-electron chi connectivity index (χ0n) is 10.8. The molecule has 6 heteroatoms. The van der Waals surface area contributed by atoms with Crippen LogP contribution in [0, 0.1) is 0 Å². The minimum atomic E-state index is -0.0586. The Morgan fingerprint density at radius 2 is 2.29 bits per heavy atom. The standard InChI is InChI=1S/C11H22N4OS/c1-4-5-9-8-14-10(17-9)12-6-7-13-11(16)15(2)3/h9H,4-8H2,1-3H3,(H,12,14)(H,13,16). The Hall–Kier alpha value is -0.910. The highest BCUT2D eigenvalue weighted by Gasteiger charge is 2.17. The molecule has 1 atom stereocenters. The quantitative estimate of drug-likeness (QED) is 0.727. The Morgan fingerprint density at radius 1 is 1.53 bits per heavy atom. The van der Waals surface area contributed by atoms with Crippen molar-refractivity contribution in [3.8, 4) is 0 Å². The summed E-state index contributed by atoms with van der Waals surface area (Å²) in [5.41, 5.74) is 0. The van der Waals surface area contributed by atoms with E-state index in [-0.39, 0.29) is 6.03 Å². The van der Waals surface area contributed by atoms with Crippen LogP contribution in [0.2, 0.25) is 0 Å². The fourth-order valence-electron chi connectivity index (χ4n) is 1.48. The molecule has 0 aliphatic carbocycles. The van der Waals surface area contributed by atoms with Gasteiger partial charge in [0.25, 0.3) is 0 Å². The van der Waals surface area contributed by atoms with Crippen molar-refractivity contribution in [2.75, 3.05) is 33.7 Å². The number of hydrogen-bond acceptors (Lipinski definition) is 4. The second kappa shape index (κ2) is 7.42. The van der Waals surface area contributed by atoms with E-state index in [0.29, 0.717) is 11.8 Å². The summed E-state index contributed by atoms with van der Waals surface area (Å²) >= 11 is 1.82. The number of nitrogens with one attached hydrogen (secondary N) is 2. The number of rotatable bonds is 5. The number of amides is 2. The van der Waals surface area contributed by atoms with Gasteiger partial charge in [0.15, 0.2) is 5.17 Å². The molecule has 1 aliphatic rings. The summed E-state index contributed by atoms with van der Waals surface area (Å²) in [6, 6.07) is -0.0586. The number of thioether (sulfide) groups is 1. The first-order valence-electron chi connectivity index (χ1n) is 6.03. The van der Waals surface area contributed by atoms with Crippen LogP contribution in [0.15, 0.2) is 4.99 Å². The molecule has 1 aliphatic heterocycles. The summed E-state index contributed by atoms with van der Waals surface area (Å²) in [5, 5.41) is 7.70. The minimum absolute atomic E-state index is 0.0586. The maximum absolute atomic E-state index is 11.2. The zero-order valence-corrected chi connectivity index (χ0v) is 11.6. The lowest BCUT2D eigenvalue weighted by Crippen LogP contribution is -2.39. The van der Waals surface area contributed by atoms with E-state index < -0.39 is 0 Å². The maximum Gasteiger partial charge on any atom is 0.316 e. The normalized spacial score (nSPS) is 18.8. The lowest BCUT2D eigenvalue weighted by molar-refractivity contribution is 0.217. The topological polar surface area (TPSA) is 56.7 Å². The number of nitrogens with zero attached hydrogens (tertiary/aromatic N) is 2. The van der Waals surface area contributed by atoms with Crippen LogP contribution in [-0.2, 0) is 0 Å². The van der Waals surface area contributed by atoms with Gasteiger partial charge < -0.3 is 15.5 Å². The smallest absolute Gasteiger partial charge is 0.316 e. The van der Waals surface area contributed by atoms with Crippen molar-refractivity contribution in [3.05, 3.63) is 0 Å². The number of carbonyl (C=O) groups excluding carboxylic acids is 1. The molecule has 5 nitrogen and oxygen atoms in total. The molecule has 98 valence electrons. The Kier molecular flexibility index (Phi) is 6.18. The van der Waals surface area contributed by atoms with E-state index in [1.165, 1.54) is 17.7 Å². The molecule has 1 rings (SSSR count). The number of aliphatic imine (C=N–C) groups is 1. The van der Waals surface area contributed by atoms with Crippen LogP contribution in [0.3, 0.4) is 0 Å². The van der Waals surface area contributed by atoms with Gasteiger partial charge in [-0.05, 0) is 6.42 Å². The molecule has 0 saturated carbocycles. The van der Waals surface area contributed by atoms with E-state index in [1.807, 2.05) is 11.8 Å². The summed E-state index contributed by atoms with van der Waals surface area (Å²) in [5.74, 6) is 0. The fraction of sp³-hybridized carbons (Fsp3) is 0.818. The third-order valence-electron chi connectivity index (χ3n) is 2.41. The highest BCUT2D eigenvalue weighted by Crippen LogP contribution is 2.23. The van der Waals surface area contributed by atoms with Crippen molar-refractivity contribution >= 4 is 23.0 Å². The van der Waals surface area contributed by atoms with E-state index in [1.54, 1.807) is 14.1 Å². The second-order valence-corrected chi connectivity index (χ2v) is 5.52. The summed E-state index contributed by atoms with van der Waals surface area (Å²) in [4.78, 5) is 17.2. The molecule has 0 spiro atoms. The number of urea groups is 1. The summed E-state index contributed by atoms with van der Waals surface area (Å²) in [7, 11) is 3.46. The lowest BCUT2D eigenvalue weighted by Gasteiger charge is -2.12. The van der Waals surface area contributed by atoms with Gasteiger partial charge in [0.2, 0.25) is 0 Å². The highest BCUT2D eigenvalue weighted by atomic mass is 32.2. The first-order valence-corrected chi connectivity index (χ1v) is 6.91. The molecule has 0 saturated heterocycles. The molecule has 1 unspecified atom stereocenters. The van der Waals surface area contributed by atoms with E-state index in [2.05, 4.69) is 22.5 Å². The van der Waals surface area contributed by atoms with Crippen LogP contribution in [0.4, 0.5) is 4.79 Å². The van der Waals surface area contributed by atoms with Gasteiger partial charge in [0.05, 0.1) is 6.54 Å². The first-order chi connectivity index (χ1) is 8.13. The largest absolute Gasteiger partial charge is 0.363 e. The van der Waals surface area contributed by atoms with E-state index in [9.17, 15) is 4.79 Å². The van der Waals surface area contributed by atoms with Crippen LogP contribution in [-0.4, -0.2) is 55.1 Å². The van der Waals surface area contributed by atoms with Crippen molar-refractivity contribution in [2.24, 2.45) is 4.99 Å². The maximum atomic E-state index is 11.2. The average Bonchev–Trinajstić information content (AvgIpc) is 2.72. The number of amidine groups is 1. The molecular formula is C11H22N4OS. The van der Waals surface area contributed by atoms with Crippen molar-refractivity contribution in [3.63, 3.8) is 0 Å². The van der Waals surface area contributed by atoms with Crippen molar-refractivity contribution < 1.29 is 4.79 Å². The molecule has 0 radical (unpaired) electrons. The summed E-state index contributed by atoms with van der Waals surface area (Å²) in [6.07, 6.45) is 2.43. The number of carbonyl (C=O) groups is 1. The van der Waals surface area contributed by atoms with Crippen LogP contribution in [0.25, 0.3) is 0 Å². The second-order valence-electron chi connectivity index (χ2n) is 4.23. The van der Waals surface area contributed by atoms with Crippen molar-refractivity contribution in [1.29, 1.82) is 0 Å². The summed E-state index contributed by atoms with van der Waals surface area (Å²) < 4.78 is 0. The van der Waals surface area contributed by atoms with Crippen LogP contribution < -0.4 is 10.6 Å². The molecule has 2 amide bonds. The predicted molar refractivity (Wildman–Crippen MR) is 73.7 cm³/mol. The Labute approximate surface area is 107 Å². The van der Waals surface area contributed by atoms with Gasteiger partial charge in [-0.25, -0.2) is 4.79 Å². The lowest BCUT2D eigenvalue weighted by atomic mass is 10.2. The molecule has 2 N–H and O–H groups in total. The molecular weight excluding hydrogens is 236 g/mol. The van der Waals surface area contributed by atoms with Crippen LogP contribution in [0.5, 0.6) is 0 Å². The third-order valence-corrected chi connectivity index (χ3v) is 3.63. The third kappa shape index (κ3) is 5.30. The molecule has 0 aromatic carbocycles. The van der Waals surface area contributed by atoms with Gasteiger partial charge in [-0.1, -0.05) is 25.1 Å². The molecule has 0 aromatic rings. The van der Waals surface area contributed by atoms with Gasteiger partial charge in [0.1, 0.15) is 0 Å². The average molecular weight is 258 g/mol. The summed E-state index contributed by atoms with van der Waals surface area (Å²) in [6.45, 7) is 4.47. The van der Waals surface area contributed by atoms with Crippen LogP contribution >= 0.6 is 11.8 Å². The van der Waals surface area contributed by atoms with E-state index in [4.69, 9.17) is 0 Å².